The normalized spacial score (nSPS) is 17.3. The molecule has 26 heavy (non-hydrogen) atoms. The van der Waals surface area contributed by atoms with Gasteiger partial charge in [-0.3, -0.25) is 4.79 Å². The van der Waals surface area contributed by atoms with Crippen LogP contribution in [-0.2, 0) is 4.79 Å². The Morgan fingerprint density at radius 1 is 1.15 bits per heavy atom. The van der Waals surface area contributed by atoms with Crippen molar-refractivity contribution in [2.24, 2.45) is 5.41 Å². The monoisotopic (exact) mass is 357 g/mol. The Morgan fingerprint density at radius 2 is 1.88 bits per heavy atom. The first kappa shape index (κ1) is 18.1. The molecule has 5 heteroatoms. The van der Waals surface area contributed by atoms with Crippen LogP contribution in [0.1, 0.15) is 37.9 Å². The third kappa shape index (κ3) is 3.47. The zero-order valence-corrected chi connectivity index (χ0v) is 15.0. The summed E-state index contributed by atoms with van der Waals surface area (Å²) in [6.07, 6.45) is 1.76. The molecular formula is C21H21F2NO2. The number of phenolic OH excluding ortho intramolecular Hbond substituents is 1. The predicted molar refractivity (Wildman–Crippen MR) is 96.4 cm³/mol. The number of rotatable bonds is 2. The van der Waals surface area contributed by atoms with E-state index in [0.29, 0.717) is 5.57 Å². The molecule has 0 aromatic heterocycles. The van der Waals surface area contributed by atoms with Crippen LogP contribution < -0.4 is 0 Å². The van der Waals surface area contributed by atoms with Gasteiger partial charge in [-0.2, -0.15) is 0 Å². The maximum atomic E-state index is 14.2. The van der Waals surface area contributed by atoms with Gasteiger partial charge in [-0.15, -0.1) is 0 Å². The number of hydrogen-bond donors (Lipinski definition) is 1. The summed E-state index contributed by atoms with van der Waals surface area (Å²) >= 11 is 0. The average molecular weight is 357 g/mol. The SMILES string of the molecule is CC(C)(C)C(=O)N1CC(c2cc(F)ccc2F)=CC1c1cccc(O)c1. The van der Waals surface area contributed by atoms with Crippen LogP contribution in [0, 0.1) is 17.0 Å². The van der Waals surface area contributed by atoms with E-state index >= 15 is 0 Å². The lowest BCUT2D eigenvalue weighted by Crippen LogP contribution is -2.39. The smallest absolute Gasteiger partial charge is 0.229 e. The molecule has 0 radical (unpaired) electrons. The molecule has 0 fully saturated rings. The minimum Gasteiger partial charge on any atom is -0.508 e. The molecule has 0 saturated heterocycles. The summed E-state index contributed by atoms with van der Waals surface area (Å²) in [5, 5.41) is 9.79. The van der Waals surface area contributed by atoms with Crippen LogP contribution in [0.25, 0.3) is 5.57 Å². The Bertz CT molecular complexity index is 884. The second kappa shape index (κ2) is 6.56. The van der Waals surface area contributed by atoms with Crippen molar-refractivity contribution in [1.82, 2.24) is 4.90 Å². The van der Waals surface area contributed by atoms with Crippen LogP contribution in [-0.4, -0.2) is 22.5 Å². The van der Waals surface area contributed by atoms with Crippen molar-refractivity contribution in [3.8, 4) is 5.75 Å². The Kier molecular flexibility index (Phi) is 4.57. The maximum Gasteiger partial charge on any atom is 0.229 e. The number of phenols is 1. The van der Waals surface area contributed by atoms with E-state index < -0.39 is 23.1 Å². The quantitative estimate of drug-likeness (QED) is 0.847. The first-order valence-corrected chi connectivity index (χ1v) is 8.43. The molecular weight excluding hydrogens is 336 g/mol. The summed E-state index contributed by atoms with van der Waals surface area (Å²) < 4.78 is 27.8. The molecule has 2 aromatic rings. The van der Waals surface area contributed by atoms with E-state index in [2.05, 4.69) is 0 Å². The standard InChI is InChI=1S/C21H21F2NO2/c1-21(2,3)20(26)24-12-14(17-11-15(22)7-8-18(17)23)10-19(24)13-5-4-6-16(25)9-13/h4-11,19,25H,12H2,1-3H3. The van der Waals surface area contributed by atoms with Gasteiger partial charge >= 0.3 is 0 Å². The van der Waals surface area contributed by atoms with Crippen LogP contribution in [0.4, 0.5) is 8.78 Å². The highest BCUT2D eigenvalue weighted by Crippen LogP contribution is 2.38. The number of hydrogen-bond acceptors (Lipinski definition) is 2. The number of carbonyl (C=O) groups excluding carboxylic acids is 1. The maximum absolute atomic E-state index is 14.2. The summed E-state index contributed by atoms with van der Waals surface area (Å²) in [6.45, 7) is 5.62. The van der Waals surface area contributed by atoms with Crippen LogP contribution in [0.2, 0.25) is 0 Å². The molecule has 3 rings (SSSR count). The fourth-order valence-electron chi connectivity index (χ4n) is 3.15. The number of amides is 1. The van der Waals surface area contributed by atoms with Gasteiger partial charge in [-0.1, -0.05) is 39.0 Å². The summed E-state index contributed by atoms with van der Waals surface area (Å²) in [6, 6.07) is 9.47. The molecule has 1 amide bonds. The molecule has 0 aliphatic carbocycles. The van der Waals surface area contributed by atoms with Gasteiger partial charge in [0.1, 0.15) is 17.4 Å². The highest BCUT2D eigenvalue weighted by Gasteiger charge is 2.36. The number of carbonyl (C=O) groups is 1. The first-order valence-electron chi connectivity index (χ1n) is 8.43. The molecule has 1 heterocycles. The molecule has 0 spiro atoms. The largest absolute Gasteiger partial charge is 0.508 e. The van der Waals surface area contributed by atoms with Crippen LogP contribution in [0.3, 0.4) is 0 Å². The van der Waals surface area contributed by atoms with E-state index in [1.54, 1.807) is 35.2 Å². The summed E-state index contributed by atoms with van der Waals surface area (Å²) in [4.78, 5) is 14.6. The highest BCUT2D eigenvalue weighted by atomic mass is 19.1. The third-order valence-electron chi connectivity index (χ3n) is 4.42. The van der Waals surface area contributed by atoms with Crippen molar-refractivity contribution in [1.29, 1.82) is 0 Å². The van der Waals surface area contributed by atoms with E-state index in [9.17, 15) is 18.7 Å². The molecule has 3 nitrogen and oxygen atoms in total. The lowest BCUT2D eigenvalue weighted by Gasteiger charge is -2.31. The lowest BCUT2D eigenvalue weighted by atomic mass is 9.93. The van der Waals surface area contributed by atoms with Crippen molar-refractivity contribution in [2.45, 2.75) is 26.8 Å². The van der Waals surface area contributed by atoms with Gasteiger partial charge in [-0.05, 0) is 41.5 Å². The summed E-state index contributed by atoms with van der Waals surface area (Å²) in [7, 11) is 0. The molecule has 136 valence electrons. The summed E-state index contributed by atoms with van der Waals surface area (Å²) in [5.74, 6) is -1.08. The Balaban J connectivity index is 2.07. The molecule has 0 saturated carbocycles. The van der Waals surface area contributed by atoms with Crippen LogP contribution in [0.5, 0.6) is 5.75 Å². The minimum atomic E-state index is -0.626. The van der Waals surface area contributed by atoms with Gasteiger partial charge in [0.15, 0.2) is 0 Å². The van der Waals surface area contributed by atoms with Gasteiger partial charge in [0.25, 0.3) is 0 Å². The van der Waals surface area contributed by atoms with E-state index in [4.69, 9.17) is 0 Å². The molecule has 1 atom stereocenters. The third-order valence-corrected chi connectivity index (χ3v) is 4.42. The second-order valence-corrected chi connectivity index (χ2v) is 7.54. The first-order chi connectivity index (χ1) is 12.2. The average Bonchev–Trinajstić information content (AvgIpc) is 3.00. The van der Waals surface area contributed by atoms with Gasteiger partial charge in [0.2, 0.25) is 5.91 Å². The van der Waals surface area contributed by atoms with Gasteiger partial charge < -0.3 is 10.0 Å². The second-order valence-electron chi connectivity index (χ2n) is 7.54. The zero-order chi connectivity index (χ0) is 19.1. The van der Waals surface area contributed by atoms with Crippen molar-refractivity contribution >= 4 is 11.5 Å². The van der Waals surface area contributed by atoms with E-state index in [0.717, 1.165) is 23.8 Å². The number of aromatic hydroxyl groups is 1. The minimum absolute atomic E-state index is 0.0874. The van der Waals surface area contributed by atoms with Crippen molar-refractivity contribution in [2.75, 3.05) is 6.54 Å². The van der Waals surface area contributed by atoms with Crippen molar-refractivity contribution < 1.29 is 18.7 Å². The van der Waals surface area contributed by atoms with E-state index in [-0.39, 0.29) is 23.8 Å². The summed E-state index contributed by atoms with van der Waals surface area (Å²) in [5.41, 5.74) is 0.792. The fraction of sp³-hybridized carbons (Fsp3) is 0.286. The Hall–Kier alpha value is -2.69. The van der Waals surface area contributed by atoms with Gasteiger partial charge in [0, 0.05) is 17.5 Å². The Labute approximate surface area is 151 Å². The predicted octanol–water partition coefficient (Wildman–Crippen LogP) is 4.68. The van der Waals surface area contributed by atoms with Crippen molar-refractivity contribution in [3.05, 3.63) is 71.3 Å². The lowest BCUT2D eigenvalue weighted by molar-refractivity contribution is -0.139. The topological polar surface area (TPSA) is 40.5 Å². The number of benzene rings is 2. The molecule has 1 aliphatic rings. The van der Waals surface area contributed by atoms with Gasteiger partial charge in [-0.25, -0.2) is 8.78 Å². The van der Waals surface area contributed by atoms with Crippen LogP contribution in [0.15, 0.2) is 48.5 Å². The molecule has 1 aliphatic heterocycles. The fourth-order valence-corrected chi connectivity index (χ4v) is 3.15. The van der Waals surface area contributed by atoms with E-state index in [1.165, 1.54) is 0 Å². The van der Waals surface area contributed by atoms with E-state index in [1.807, 2.05) is 20.8 Å². The molecule has 2 aromatic carbocycles. The molecule has 1 N–H and O–H groups in total. The van der Waals surface area contributed by atoms with Gasteiger partial charge in [0.05, 0.1) is 6.04 Å². The highest BCUT2D eigenvalue weighted by molar-refractivity contribution is 5.86. The van der Waals surface area contributed by atoms with Crippen LogP contribution >= 0.6 is 0 Å². The Morgan fingerprint density at radius 3 is 2.54 bits per heavy atom. The zero-order valence-electron chi connectivity index (χ0n) is 15.0. The van der Waals surface area contributed by atoms with Crippen molar-refractivity contribution in [3.63, 3.8) is 0 Å². The molecule has 1 unspecified atom stereocenters. The number of halogens is 2. The molecule has 0 bridgehead atoms. The number of nitrogens with zero attached hydrogens (tertiary/aromatic N) is 1.